The lowest BCUT2D eigenvalue weighted by molar-refractivity contribution is 0.0731. The monoisotopic (exact) mass is 444 g/mol. The number of aliphatic imine (C=N–C) groups is 1. The van der Waals surface area contributed by atoms with Crippen LogP contribution < -0.4 is 10.6 Å². The number of thiophene rings is 1. The van der Waals surface area contributed by atoms with Crippen LogP contribution >= 0.6 is 11.3 Å². The Hall–Kier alpha value is -1.16. The van der Waals surface area contributed by atoms with Crippen molar-refractivity contribution in [2.24, 2.45) is 10.9 Å². The average molecular weight is 445 g/mol. The molecule has 9 heteroatoms. The molecule has 0 aliphatic carbocycles. The van der Waals surface area contributed by atoms with Gasteiger partial charge in [0.15, 0.2) is 5.96 Å². The lowest BCUT2D eigenvalue weighted by Crippen LogP contribution is -2.40. The maximum Gasteiger partial charge on any atom is 0.252 e. The zero-order valence-electron chi connectivity index (χ0n) is 17.9. The SMILES string of the molecule is CN=C(NCCCCCCC(C)C)NCc1ccc(S(=O)(=O)N2CCOCC2)s1. The van der Waals surface area contributed by atoms with Gasteiger partial charge in [0, 0.05) is 31.6 Å². The van der Waals surface area contributed by atoms with E-state index in [0.29, 0.717) is 37.1 Å². The largest absolute Gasteiger partial charge is 0.379 e. The second-order valence-electron chi connectivity index (χ2n) is 7.69. The van der Waals surface area contributed by atoms with Crippen LogP contribution in [0.4, 0.5) is 0 Å². The zero-order valence-corrected chi connectivity index (χ0v) is 19.6. The number of guanidine groups is 1. The number of nitrogens with one attached hydrogen (secondary N) is 2. The van der Waals surface area contributed by atoms with E-state index in [2.05, 4.69) is 29.5 Å². The molecule has 29 heavy (non-hydrogen) atoms. The van der Waals surface area contributed by atoms with Crippen LogP contribution in [-0.2, 0) is 21.3 Å². The number of nitrogens with zero attached hydrogens (tertiary/aromatic N) is 2. The minimum Gasteiger partial charge on any atom is -0.379 e. The standard InChI is InChI=1S/C20H36N4O3S2/c1-17(2)8-6-4-5-7-11-22-20(21-3)23-16-18-9-10-19(28-18)29(25,26)24-12-14-27-15-13-24/h9-10,17H,4-8,11-16H2,1-3H3,(H2,21,22,23). The van der Waals surface area contributed by atoms with E-state index in [1.165, 1.54) is 41.3 Å². The van der Waals surface area contributed by atoms with E-state index in [4.69, 9.17) is 4.74 Å². The fourth-order valence-corrected chi connectivity index (χ4v) is 5.99. The number of morpholine rings is 1. The highest BCUT2D eigenvalue weighted by atomic mass is 32.2. The summed E-state index contributed by atoms with van der Waals surface area (Å²) in [7, 11) is -1.67. The van der Waals surface area contributed by atoms with E-state index in [1.54, 1.807) is 13.1 Å². The van der Waals surface area contributed by atoms with Crippen molar-refractivity contribution in [2.45, 2.75) is 56.7 Å². The van der Waals surface area contributed by atoms with E-state index in [0.717, 1.165) is 29.7 Å². The molecule has 1 aromatic heterocycles. The quantitative estimate of drug-likeness (QED) is 0.311. The van der Waals surface area contributed by atoms with Gasteiger partial charge in [0.05, 0.1) is 19.8 Å². The molecular weight excluding hydrogens is 408 g/mol. The Bertz CT molecular complexity index is 726. The lowest BCUT2D eigenvalue weighted by Gasteiger charge is -2.25. The van der Waals surface area contributed by atoms with E-state index >= 15 is 0 Å². The summed E-state index contributed by atoms with van der Waals surface area (Å²) in [5.41, 5.74) is 0. The second-order valence-corrected chi connectivity index (χ2v) is 11.0. The van der Waals surface area contributed by atoms with Crippen LogP contribution in [0.25, 0.3) is 0 Å². The molecule has 0 radical (unpaired) electrons. The van der Waals surface area contributed by atoms with Gasteiger partial charge in [-0.2, -0.15) is 4.31 Å². The number of ether oxygens (including phenoxy) is 1. The summed E-state index contributed by atoms with van der Waals surface area (Å²) in [5.74, 6) is 1.54. The van der Waals surface area contributed by atoms with Crippen molar-refractivity contribution in [2.75, 3.05) is 39.9 Å². The Labute approximate surface area is 180 Å². The van der Waals surface area contributed by atoms with Gasteiger partial charge in [-0.05, 0) is 24.5 Å². The summed E-state index contributed by atoms with van der Waals surface area (Å²) in [4.78, 5) is 5.21. The summed E-state index contributed by atoms with van der Waals surface area (Å²) < 4.78 is 32.6. The highest BCUT2D eigenvalue weighted by Crippen LogP contribution is 2.25. The topological polar surface area (TPSA) is 83.0 Å². The van der Waals surface area contributed by atoms with Gasteiger partial charge >= 0.3 is 0 Å². The molecule has 2 N–H and O–H groups in total. The smallest absolute Gasteiger partial charge is 0.252 e. The Morgan fingerprint density at radius 1 is 1.17 bits per heavy atom. The van der Waals surface area contributed by atoms with Gasteiger partial charge in [-0.25, -0.2) is 8.42 Å². The van der Waals surface area contributed by atoms with Gasteiger partial charge in [0.25, 0.3) is 10.0 Å². The van der Waals surface area contributed by atoms with Crippen molar-refractivity contribution in [1.29, 1.82) is 0 Å². The third kappa shape index (κ3) is 8.24. The summed E-state index contributed by atoms with van der Waals surface area (Å²) in [5, 5.41) is 6.60. The highest BCUT2D eigenvalue weighted by Gasteiger charge is 2.27. The molecule has 0 amide bonds. The fraction of sp³-hybridized carbons (Fsp3) is 0.750. The zero-order chi connectivity index (χ0) is 21.1. The van der Waals surface area contributed by atoms with Gasteiger partial charge in [-0.3, -0.25) is 4.99 Å². The van der Waals surface area contributed by atoms with E-state index in [9.17, 15) is 8.42 Å². The molecule has 2 heterocycles. The number of unbranched alkanes of at least 4 members (excludes halogenated alkanes) is 3. The molecule has 1 saturated heterocycles. The maximum absolute atomic E-state index is 12.7. The minimum atomic E-state index is -3.42. The first-order valence-corrected chi connectivity index (χ1v) is 12.8. The van der Waals surface area contributed by atoms with Crippen molar-refractivity contribution in [3.05, 3.63) is 17.0 Å². The lowest BCUT2D eigenvalue weighted by atomic mass is 10.0. The molecule has 2 rings (SSSR count). The Kier molecular flexibility index (Phi) is 10.4. The molecule has 1 aliphatic rings. The van der Waals surface area contributed by atoms with E-state index in [1.807, 2.05) is 6.07 Å². The van der Waals surface area contributed by atoms with Crippen LogP contribution in [0.5, 0.6) is 0 Å². The molecular formula is C20H36N4O3S2. The van der Waals surface area contributed by atoms with Crippen LogP contribution in [0.2, 0.25) is 0 Å². The van der Waals surface area contributed by atoms with Crippen molar-refractivity contribution >= 4 is 27.3 Å². The number of hydrogen-bond donors (Lipinski definition) is 2. The Morgan fingerprint density at radius 2 is 1.90 bits per heavy atom. The van der Waals surface area contributed by atoms with Gasteiger partial charge in [-0.15, -0.1) is 11.3 Å². The molecule has 0 saturated carbocycles. The minimum absolute atomic E-state index is 0.389. The number of sulfonamides is 1. The average Bonchev–Trinajstić information content (AvgIpc) is 3.20. The summed E-state index contributed by atoms with van der Waals surface area (Å²) in [6.45, 7) is 7.73. The molecule has 7 nitrogen and oxygen atoms in total. The second kappa shape index (κ2) is 12.5. The first-order valence-electron chi connectivity index (χ1n) is 10.5. The molecule has 0 spiro atoms. The fourth-order valence-electron chi connectivity index (χ4n) is 3.14. The van der Waals surface area contributed by atoms with Gasteiger partial charge in [0.2, 0.25) is 0 Å². The van der Waals surface area contributed by atoms with Gasteiger partial charge in [0.1, 0.15) is 4.21 Å². The molecule has 0 atom stereocenters. The van der Waals surface area contributed by atoms with Crippen molar-refractivity contribution in [3.63, 3.8) is 0 Å². The third-order valence-corrected chi connectivity index (χ3v) is 8.31. The molecule has 0 aromatic carbocycles. The van der Waals surface area contributed by atoms with Crippen molar-refractivity contribution < 1.29 is 13.2 Å². The molecule has 0 unspecified atom stereocenters. The van der Waals surface area contributed by atoms with Crippen LogP contribution in [-0.4, -0.2) is 58.6 Å². The van der Waals surface area contributed by atoms with Gasteiger partial charge in [-0.1, -0.05) is 39.5 Å². The maximum atomic E-state index is 12.7. The van der Waals surface area contributed by atoms with Gasteiger partial charge < -0.3 is 15.4 Å². The molecule has 1 aliphatic heterocycles. The predicted molar refractivity (Wildman–Crippen MR) is 120 cm³/mol. The molecule has 1 fully saturated rings. The Morgan fingerprint density at radius 3 is 2.59 bits per heavy atom. The Balaban J connectivity index is 1.72. The summed E-state index contributed by atoms with van der Waals surface area (Å²) in [6.07, 6.45) is 6.24. The van der Waals surface area contributed by atoms with Crippen molar-refractivity contribution in [3.8, 4) is 0 Å². The van der Waals surface area contributed by atoms with Crippen molar-refractivity contribution in [1.82, 2.24) is 14.9 Å². The highest BCUT2D eigenvalue weighted by molar-refractivity contribution is 7.91. The van der Waals surface area contributed by atoms with E-state index in [-0.39, 0.29) is 0 Å². The number of hydrogen-bond acceptors (Lipinski definition) is 5. The van der Waals surface area contributed by atoms with Crippen LogP contribution in [0.3, 0.4) is 0 Å². The summed E-state index contributed by atoms with van der Waals surface area (Å²) in [6, 6.07) is 3.56. The predicted octanol–water partition coefficient (Wildman–Crippen LogP) is 3.04. The molecule has 166 valence electrons. The van der Waals surface area contributed by atoms with Crippen LogP contribution in [0.15, 0.2) is 21.3 Å². The molecule has 1 aromatic rings. The number of rotatable bonds is 11. The normalized spacial score (nSPS) is 16.3. The van der Waals surface area contributed by atoms with E-state index < -0.39 is 10.0 Å². The van der Waals surface area contributed by atoms with Crippen LogP contribution in [0, 0.1) is 5.92 Å². The molecule has 0 bridgehead atoms. The first-order chi connectivity index (χ1) is 13.9. The van der Waals surface area contributed by atoms with Crippen LogP contribution in [0.1, 0.15) is 50.8 Å². The first kappa shape index (κ1) is 24.1. The third-order valence-electron chi connectivity index (χ3n) is 4.86. The summed E-state index contributed by atoms with van der Waals surface area (Å²) >= 11 is 1.31.